The van der Waals surface area contributed by atoms with Crippen LogP contribution in [0.1, 0.15) is 16.8 Å². The maximum atomic E-state index is 13.3. The quantitative estimate of drug-likeness (QED) is 0.670. The molecular formula is C19H15ClFN5O2. The molecule has 0 atom stereocenters. The van der Waals surface area contributed by atoms with Gasteiger partial charge in [-0.25, -0.2) is 14.2 Å². The van der Waals surface area contributed by atoms with Gasteiger partial charge in [0.15, 0.2) is 0 Å². The second-order valence-corrected chi connectivity index (χ2v) is 6.70. The minimum Gasteiger partial charge on any atom is -0.478 e. The summed E-state index contributed by atoms with van der Waals surface area (Å²) in [5.41, 5.74) is 1.97. The summed E-state index contributed by atoms with van der Waals surface area (Å²) in [6.07, 6.45) is 5.55. The van der Waals surface area contributed by atoms with Crippen molar-refractivity contribution < 1.29 is 14.3 Å². The molecule has 0 spiro atoms. The number of hydrogen-bond acceptors (Lipinski definition) is 6. The molecule has 0 aliphatic carbocycles. The lowest BCUT2D eigenvalue weighted by atomic mass is 10.1. The minimum absolute atomic E-state index is 0.00106. The summed E-state index contributed by atoms with van der Waals surface area (Å²) >= 11 is 5.82. The molecule has 1 saturated heterocycles. The highest BCUT2D eigenvalue weighted by atomic mass is 35.5. The van der Waals surface area contributed by atoms with Gasteiger partial charge in [0.1, 0.15) is 11.6 Å². The van der Waals surface area contributed by atoms with Crippen molar-refractivity contribution in [1.29, 1.82) is 0 Å². The van der Waals surface area contributed by atoms with Crippen molar-refractivity contribution in [3.05, 3.63) is 59.3 Å². The molecule has 7 nitrogen and oxygen atoms in total. The fourth-order valence-corrected chi connectivity index (χ4v) is 2.99. The average Bonchev–Trinajstić information content (AvgIpc) is 2.64. The molecule has 3 heterocycles. The molecule has 1 aromatic carbocycles. The molecular weight excluding hydrogens is 385 g/mol. The molecule has 142 valence electrons. The number of carbonyl (C=O) groups is 1. The van der Waals surface area contributed by atoms with E-state index in [1.165, 1.54) is 18.3 Å². The lowest BCUT2D eigenvalue weighted by Crippen LogP contribution is -2.38. The molecule has 28 heavy (non-hydrogen) atoms. The van der Waals surface area contributed by atoms with Crippen molar-refractivity contribution in [2.75, 3.05) is 23.3 Å². The fourth-order valence-electron chi connectivity index (χ4n) is 2.81. The fraction of sp³-hybridized carbons (Fsp3) is 0.158. The normalized spacial score (nSPS) is 13.1. The SMILES string of the molecule is O=C(O)c1cncc(-c2cnc(Nc3ccc(F)c(Cl)c3)nc2N2CCC2)c1. The Morgan fingerprint density at radius 1 is 1.21 bits per heavy atom. The van der Waals surface area contributed by atoms with Crippen molar-refractivity contribution >= 4 is 35.0 Å². The van der Waals surface area contributed by atoms with E-state index in [2.05, 4.69) is 25.2 Å². The summed E-state index contributed by atoms with van der Waals surface area (Å²) in [6.45, 7) is 1.69. The van der Waals surface area contributed by atoms with Crippen LogP contribution in [0.3, 0.4) is 0 Å². The van der Waals surface area contributed by atoms with Gasteiger partial charge in [0.2, 0.25) is 5.95 Å². The van der Waals surface area contributed by atoms with Crippen LogP contribution < -0.4 is 10.2 Å². The largest absolute Gasteiger partial charge is 0.478 e. The zero-order chi connectivity index (χ0) is 19.7. The van der Waals surface area contributed by atoms with Crippen LogP contribution in [0.5, 0.6) is 0 Å². The zero-order valence-corrected chi connectivity index (χ0v) is 15.3. The van der Waals surface area contributed by atoms with Crippen LogP contribution in [-0.2, 0) is 0 Å². The summed E-state index contributed by atoms with van der Waals surface area (Å²) in [6, 6.07) is 5.81. The minimum atomic E-state index is -1.05. The van der Waals surface area contributed by atoms with Crippen LogP contribution in [0.15, 0.2) is 42.9 Å². The van der Waals surface area contributed by atoms with E-state index in [-0.39, 0.29) is 10.6 Å². The van der Waals surface area contributed by atoms with Gasteiger partial charge in [0, 0.05) is 48.5 Å². The molecule has 2 aromatic heterocycles. The summed E-state index contributed by atoms with van der Waals surface area (Å²) in [5, 5.41) is 12.2. The van der Waals surface area contributed by atoms with Crippen LogP contribution in [0.25, 0.3) is 11.1 Å². The first-order valence-electron chi connectivity index (χ1n) is 8.54. The van der Waals surface area contributed by atoms with Crippen molar-refractivity contribution in [2.24, 2.45) is 0 Å². The number of nitrogens with one attached hydrogen (secondary N) is 1. The number of halogens is 2. The first-order chi connectivity index (χ1) is 13.5. The predicted octanol–water partition coefficient (Wildman–Crippen LogP) is 3.98. The molecule has 9 heteroatoms. The third-order valence-corrected chi connectivity index (χ3v) is 4.69. The predicted molar refractivity (Wildman–Crippen MR) is 104 cm³/mol. The molecule has 0 amide bonds. The van der Waals surface area contributed by atoms with Crippen LogP contribution in [0.2, 0.25) is 5.02 Å². The number of hydrogen-bond donors (Lipinski definition) is 2. The molecule has 3 aromatic rings. The molecule has 0 saturated carbocycles. The van der Waals surface area contributed by atoms with Gasteiger partial charge < -0.3 is 15.3 Å². The molecule has 1 aliphatic heterocycles. The van der Waals surface area contributed by atoms with Crippen LogP contribution in [-0.4, -0.2) is 39.1 Å². The number of nitrogens with zero attached hydrogens (tertiary/aromatic N) is 4. The maximum absolute atomic E-state index is 13.3. The lowest BCUT2D eigenvalue weighted by molar-refractivity contribution is 0.0696. The van der Waals surface area contributed by atoms with Crippen molar-refractivity contribution in [1.82, 2.24) is 15.0 Å². The van der Waals surface area contributed by atoms with Gasteiger partial charge in [-0.15, -0.1) is 0 Å². The van der Waals surface area contributed by atoms with Crippen LogP contribution in [0.4, 0.5) is 21.8 Å². The Hall–Kier alpha value is -3.26. The Labute approximate surface area is 164 Å². The van der Waals surface area contributed by atoms with E-state index in [9.17, 15) is 14.3 Å². The van der Waals surface area contributed by atoms with Gasteiger partial charge in [0.05, 0.1) is 10.6 Å². The number of carboxylic acids is 1. The zero-order valence-electron chi connectivity index (χ0n) is 14.6. The third-order valence-electron chi connectivity index (χ3n) is 4.40. The number of anilines is 3. The maximum Gasteiger partial charge on any atom is 0.337 e. The van der Waals surface area contributed by atoms with Gasteiger partial charge in [-0.3, -0.25) is 4.98 Å². The Morgan fingerprint density at radius 2 is 2.04 bits per heavy atom. The Kier molecular flexibility index (Phi) is 4.79. The van der Waals surface area contributed by atoms with Gasteiger partial charge in [-0.2, -0.15) is 4.98 Å². The van der Waals surface area contributed by atoms with E-state index < -0.39 is 11.8 Å². The average molecular weight is 400 g/mol. The monoisotopic (exact) mass is 399 g/mol. The summed E-state index contributed by atoms with van der Waals surface area (Å²) in [7, 11) is 0. The highest BCUT2D eigenvalue weighted by Gasteiger charge is 2.22. The van der Waals surface area contributed by atoms with E-state index in [4.69, 9.17) is 11.6 Å². The Bertz CT molecular complexity index is 1060. The van der Waals surface area contributed by atoms with Crippen molar-refractivity contribution in [3.8, 4) is 11.1 Å². The second kappa shape index (κ2) is 7.40. The van der Waals surface area contributed by atoms with E-state index in [0.29, 0.717) is 28.6 Å². The van der Waals surface area contributed by atoms with E-state index in [0.717, 1.165) is 19.5 Å². The number of aromatic nitrogens is 3. The molecule has 0 radical (unpaired) electrons. The summed E-state index contributed by atoms with van der Waals surface area (Å²) < 4.78 is 13.3. The smallest absolute Gasteiger partial charge is 0.337 e. The number of aromatic carboxylic acids is 1. The highest BCUT2D eigenvalue weighted by Crippen LogP contribution is 2.32. The van der Waals surface area contributed by atoms with Crippen molar-refractivity contribution in [2.45, 2.75) is 6.42 Å². The van der Waals surface area contributed by atoms with E-state index in [1.54, 1.807) is 24.5 Å². The molecule has 1 fully saturated rings. The number of rotatable bonds is 5. The van der Waals surface area contributed by atoms with Gasteiger partial charge >= 0.3 is 5.97 Å². The number of benzene rings is 1. The Balaban J connectivity index is 1.71. The van der Waals surface area contributed by atoms with E-state index in [1.807, 2.05) is 0 Å². The molecule has 4 rings (SSSR count). The molecule has 0 bridgehead atoms. The van der Waals surface area contributed by atoms with Gasteiger partial charge in [-0.1, -0.05) is 11.6 Å². The topological polar surface area (TPSA) is 91.2 Å². The second-order valence-electron chi connectivity index (χ2n) is 6.29. The number of pyridine rings is 1. The van der Waals surface area contributed by atoms with Gasteiger partial charge in [-0.05, 0) is 30.7 Å². The lowest BCUT2D eigenvalue weighted by Gasteiger charge is -2.33. The summed E-state index contributed by atoms with van der Waals surface area (Å²) in [5.74, 6) is -0.542. The van der Waals surface area contributed by atoms with Gasteiger partial charge in [0.25, 0.3) is 0 Å². The third kappa shape index (κ3) is 3.59. The molecule has 2 N–H and O–H groups in total. The van der Waals surface area contributed by atoms with Crippen LogP contribution >= 0.6 is 11.6 Å². The number of carboxylic acid groups (broad SMARTS) is 1. The molecule has 0 unspecified atom stereocenters. The first kappa shape index (κ1) is 18.1. The summed E-state index contributed by atoms with van der Waals surface area (Å²) in [4.78, 5) is 26.2. The molecule has 1 aliphatic rings. The standard InChI is InChI=1S/C19H15ClFN5O2/c20-15-7-13(2-3-16(15)21)24-19-23-10-14(17(25-19)26-4-1-5-26)11-6-12(18(27)28)9-22-8-11/h2-3,6-10H,1,4-5H2,(H,27,28)(H,23,24,25). The Morgan fingerprint density at radius 3 is 2.71 bits per heavy atom. The van der Waals surface area contributed by atoms with Crippen molar-refractivity contribution in [3.63, 3.8) is 0 Å². The highest BCUT2D eigenvalue weighted by molar-refractivity contribution is 6.31. The first-order valence-corrected chi connectivity index (χ1v) is 8.92. The van der Waals surface area contributed by atoms with E-state index >= 15 is 0 Å². The van der Waals surface area contributed by atoms with Crippen LogP contribution in [0, 0.1) is 5.82 Å².